The van der Waals surface area contributed by atoms with Crippen molar-refractivity contribution in [2.24, 2.45) is 46.5 Å². The van der Waals surface area contributed by atoms with Gasteiger partial charge in [-0.25, -0.2) is 0 Å². The third-order valence-corrected chi connectivity index (χ3v) is 15.1. The Labute approximate surface area is 374 Å². The summed E-state index contributed by atoms with van der Waals surface area (Å²) >= 11 is 0. The number of hydrazone groups is 1. The van der Waals surface area contributed by atoms with Crippen LogP contribution in [0.1, 0.15) is 108 Å². The molecule has 15 nitrogen and oxygen atoms in total. The number of allylic oxidation sites excluding steroid dienone is 2. The summed E-state index contributed by atoms with van der Waals surface area (Å²) in [5.74, 6) is -6.36. The quantitative estimate of drug-likeness (QED) is 0.0588. The molecule has 9 bridgehead atoms. The number of phenolic OH excluding ortho intramolecular Hbond substituents is 3. The number of aliphatic hydroxyl groups excluding tert-OH is 2. The number of nitrogens with one attached hydrogen (secondary N) is 1. The SMILES string of the molecule is CO[C@H]1/C=C/O[C@@]2(C)Oc3c(C)c(O)c4c(O)c(c(/C=N/N(C)C56CC7CC(CC(C7)C5)C6)c(O)c4c3C2=O)NC(=O)/C(C)=C\C=C\[C@@H](C)[C@H](O)[C@@H](C)[C@@H](O)[C@@H](C)[C@H](OC(C)=O)[C@@H]1C. The largest absolute Gasteiger partial charge is 0.507 e. The van der Waals surface area contributed by atoms with Gasteiger partial charge in [-0.2, -0.15) is 5.10 Å². The molecule has 2 aromatic rings. The lowest BCUT2D eigenvalue weighted by Gasteiger charge is -2.59. The zero-order valence-corrected chi connectivity index (χ0v) is 38.5. The number of hydrogen-bond acceptors (Lipinski definition) is 14. The molecule has 7 aliphatic rings. The molecule has 64 heavy (non-hydrogen) atoms. The van der Waals surface area contributed by atoms with E-state index in [1.807, 2.05) is 12.1 Å². The van der Waals surface area contributed by atoms with Crippen LogP contribution in [-0.2, 0) is 23.8 Å². The summed E-state index contributed by atoms with van der Waals surface area (Å²) in [6.45, 7) is 12.6. The van der Waals surface area contributed by atoms with Crippen molar-refractivity contribution in [3.8, 4) is 23.0 Å². The fourth-order valence-electron chi connectivity index (χ4n) is 11.6. The van der Waals surface area contributed by atoms with Gasteiger partial charge in [0.15, 0.2) is 5.75 Å². The van der Waals surface area contributed by atoms with Gasteiger partial charge < -0.3 is 49.8 Å². The van der Waals surface area contributed by atoms with E-state index >= 15 is 0 Å². The molecular formula is C49H65N3O12. The van der Waals surface area contributed by atoms with Crippen molar-refractivity contribution in [2.75, 3.05) is 19.5 Å². The van der Waals surface area contributed by atoms with Crippen LogP contribution < -0.4 is 10.1 Å². The molecule has 6 N–H and O–H groups in total. The number of ketones is 1. The number of methoxy groups -OCH3 is 1. The first-order chi connectivity index (χ1) is 30.1. The topological polar surface area (TPSA) is 217 Å². The standard InChI is InChI=1S/C49H65N3O12/c1-23-12-11-13-24(2)47(60)51-38-33(22-50-52(9)49-19-30-16-31(20-49)18-32(17-30)21-49)42(57)35-36(43(38)58)41(56)28(6)45-37(35)46(59)48(8,64-45)62-15-14-34(61-10)25(3)44(63-29(7)53)27(5)40(55)26(4)39(23)54/h11-15,22-23,25-27,30-32,34,39-40,44,54-58H,16-21H2,1-10H3,(H,51,60)/b12-11+,15-14+,24-13-,50-22+/t23-,25-,26-,27-,30?,31?,32?,34+,39+,40-,44-,48+,49?/m1/s1. The van der Waals surface area contributed by atoms with E-state index in [1.54, 1.807) is 46.8 Å². The first-order valence-corrected chi connectivity index (χ1v) is 22.5. The number of benzene rings is 2. The zero-order chi connectivity index (χ0) is 46.7. The van der Waals surface area contributed by atoms with Gasteiger partial charge in [-0.05, 0) is 76.2 Å². The molecule has 0 radical (unpaired) electrons. The second-order valence-electron chi connectivity index (χ2n) is 19.5. The normalized spacial score (nSPS) is 37.2. The van der Waals surface area contributed by atoms with Crippen molar-refractivity contribution in [1.29, 1.82) is 0 Å². The lowest BCUT2D eigenvalue weighted by Crippen LogP contribution is -2.57. The Morgan fingerprint density at radius 3 is 2.12 bits per heavy atom. The summed E-state index contributed by atoms with van der Waals surface area (Å²) in [4.78, 5) is 41.0. The van der Waals surface area contributed by atoms with Crippen molar-refractivity contribution in [3.05, 3.63) is 52.8 Å². The van der Waals surface area contributed by atoms with Crippen LogP contribution in [0.3, 0.4) is 0 Å². The highest BCUT2D eigenvalue weighted by Gasteiger charge is 2.53. The number of carbonyl (C=O) groups excluding carboxylic acids is 3. The summed E-state index contributed by atoms with van der Waals surface area (Å²) in [7, 11) is 3.36. The van der Waals surface area contributed by atoms with Crippen molar-refractivity contribution in [2.45, 2.75) is 130 Å². The predicted octanol–water partition coefficient (Wildman–Crippen LogP) is 6.99. The first kappa shape index (κ1) is 46.9. The fourth-order valence-corrected chi connectivity index (χ4v) is 11.6. The Balaban J connectivity index is 1.37. The number of aromatic hydroxyl groups is 3. The molecule has 0 saturated heterocycles. The predicted molar refractivity (Wildman–Crippen MR) is 240 cm³/mol. The molecular weight excluding hydrogens is 823 g/mol. The average Bonchev–Trinajstić information content (AvgIpc) is 3.51. The molecule has 2 aromatic carbocycles. The monoisotopic (exact) mass is 887 g/mol. The highest BCUT2D eigenvalue weighted by molar-refractivity contribution is 6.23. The minimum Gasteiger partial charge on any atom is -0.507 e. The van der Waals surface area contributed by atoms with Crippen molar-refractivity contribution < 1.29 is 58.9 Å². The summed E-state index contributed by atoms with van der Waals surface area (Å²) in [6.07, 6.45) is 11.7. The van der Waals surface area contributed by atoms with E-state index < -0.39 is 88.8 Å². The lowest BCUT2D eigenvalue weighted by molar-refractivity contribution is -0.160. The minimum atomic E-state index is -2.04. The van der Waals surface area contributed by atoms with Crippen LogP contribution in [0.2, 0.25) is 0 Å². The number of ether oxygens (including phenoxy) is 4. The molecule has 4 saturated carbocycles. The van der Waals surface area contributed by atoms with Gasteiger partial charge in [0.2, 0.25) is 0 Å². The number of phenols is 3. The maximum absolute atomic E-state index is 14.6. The zero-order valence-electron chi connectivity index (χ0n) is 38.5. The second-order valence-corrected chi connectivity index (χ2v) is 19.5. The molecule has 3 aliphatic heterocycles. The Kier molecular flexibility index (Phi) is 13.0. The van der Waals surface area contributed by atoms with Crippen LogP contribution in [-0.4, -0.2) is 104 Å². The van der Waals surface area contributed by atoms with E-state index in [9.17, 15) is 39.9 Å². The Morgan fingerprint density at radius 2 is 1.53 bits per heavy atom. The van der Waals surface area contributed by atoms with Gasteiger partial charge >= 0.3 is 11.8 Å². The van der Waals surface area contributed by atoms with E-state index in [0.29, 0.717) is 17.8 Å². The van der Waals surface area contributed by atoms with Gasteiger partial charge in [0.1, 0.15) is 23.4 Å². The minimum absolute atomic E-state index is 0.0690. The Bertz CT molecular complexity index is 2280. The van der Waals surface area contributed by atoms with Crippen molar-refractivity contribution in [1.82, 2.24) is 5.01 Å². The number of Topliss-reactive ketones (excluding diaryl/α,β-unsaturated/α-hetero) is 1. The van der Waals surface area contributed by atoms with E-state index in [4.69, 9.17) is 24.0 Å². The van der Waals surface area contributed by atoms with Crippen molar-refractivity contribution in [3.63, 3.8) is 0 Å². The number of aliphatic hydroxyl groups is 2. The number of nitrogens with zero attached hydrogens (tertiary/aromatic N) is 2. The number of anilines is 1. The number of fused-ring (bicyclic) bond motifs is 14. The Hall–Kier alpha value is -5.12. The van der Waals surface area contributed by atoms with Gasteiger partial charge in [-0.15, -0.1) is 0 Å². The number of esters is 1. The smallest absolute Gasteiger partial charge is 0.312 e. The molecule has 9 rings (SSSR count). The molecule has 3 heterocycles. The summed E-state index contributed by atoms with van der Waals surface area (Å²) in [5, 5.41) is 68.3. The van der Waals surface area contributed by atoms with Gasteiger partial charge in [-0.1, -0.05) is 45.9 Å². The first-order valence-electron chi connectivity index (χ1n) is 22.5. The van der Waals surface area contributed by atoms with Crippen LogP contribution in [0.15, 0.2) is 41.2 Å². The molecule has 1 amide bonds. The van der Waals surface area contributed by atoms with Gasteiger partial charge in [-0.3, -0.25) is 19.4 Å². The second kappa shape index (κ2) is 17.7. The lowest BCUT2D eigenvalue weighted by atomic mass is 9.53. The van der Waals surface area contributed by atoms with Crippen LogP contribution in [0, 0.1) is 48.3 Å². The van der Waals surface area contributed by atoms with Crippen LogP contribution in [0.25, 0.3) is 10.8 Å². The molecule has 0 spiro atoms. The van der Waals surface area contributed by atoms with Gasteiger partial charge in [0, 0.05) is 68.2 Å². The maximum Gasteiger partial charge on any atom is 0.312 e. The van der Waals surface area contributed by atoms with E-state index in [1.165, 1.54) is 71.8 Å². The molecule has 0 unspecified atom stereocenters. The summed E-state index contributed by atoms with van der Waals surface area (Å²) in [5.41, 5.74) is -0.421. The van der Waals surface area contributed by atoms with E-state index in [2.05, 4.69) is 5.32 Å². The molecule has 348 valence electrons. The fraction of sp³-hybridized carbons (Fsp3) is 0.592. The maximum atomic E-state index is 14.6. The molecule has 15 heteroatoms. The highest BCUT2D eigenvalue weighted by atomic mass is 16.7. The number of carbonyl (C=O) groups is 3. The van der Waals surface area contributed by atoms with Crippen molar-refractivity contribution >= 4 is 40.3 Å². The van der Waals surface area contributed by atoms with Crippen LogP contribution >= 0.6 is 0 Å². The van der Waals surface area contributed by atoms with Crippen LogP contribution in [0.4, 0.5) is 5.69 Å². The molecule has 9 atom stereocenters. The third-order valence-electron chi connectivity index (χ3n) is 15.1. The highest BCUT2D eigenvalue weighted by Crippen LogP contribution is 2.58. The molecule has 0 aromatic heterocycles. The van der Waals surface area contributed by atoms with Gasteiger partial charge in [0.25, 0.3) is 11.7 Å². The molecule has 4 aliphatic carbocycles. The van der Waals surface area contributed by atoms with E-state index in [0.717, 1.165) is 19.3 Å². The Morgan fingerprint density at radius 1 is 0.906 bits per heavy atom. The summed E-state index contributed by atoms with van der Waals surface area (Å²) in [6, 6.07) is 0. The number of amides is 1. The van der Waals surface area contributed by atoms with Crippen LogP contribution in [0.5, 0.6) is 23.0 Å². The molecule has 4 fully saturated rings. The van der Waals surface area contributed by atoms with Gasteiger partial charge in [0.05, 0.1) is 58.5 Å². The number of rotatable bonds is 5. The summed E-state index contributed by atoms with van der Waals surface area (Å²) < 4.78 is 23.8. The third kappa shape index (κ3) is 8.23. The van der Waals surface area contributed by atoms with E-state index in [-0.39, 0.29) is 50.0 Å². The average molecular weight is 888 g/mol. The number of hydrogen-bond donors (Lipinski definition) is 6.